The van der Waals surface area contributed by atoms with E-state index in [1.807, 2.05) is 0 Å². The van der Waals surface area contributed by atoms with Crippen LogP contribution < -0.4 is 10.6 Å². The monoisotopic (exact) mass is 430 g/mol. The van der Waals surface area contributed by atoms with Gasteiger partial charge < -0.3 is 15.2 Å². The fourth-order valence-corrected chi connectivity index (χ4v) is 4.13. The molecule has 2 N–H and O–H groups in total. The molecule has 2 heterocycles. The summed E-state index contributed by atoms with van der Waals surface area (Å²) in [5, 5.41) is 9.09. The lowest BCUT2D eigenvalue weighted by molar-refractivity contribution is -0.119. The van der Waals surface area contributed by atoms with Crippen LogP contribution in [0, 0.1) is 6.92 Å². The van der Waals surface area contributed by atoms with Gasteiger partial charge in [-0.25, -0.2) is 0 Å². The third-order valence-corrected chi connectivity index (χ3v) is 6.56. The zero-order valence-electron chi connectivity index (χ0n) is 18.0. The van der Waals surface area contributed by atoms with Crippen LogP contribution >= 0.6 is 11.8 Å². The molecule has 0 spiro atoms. The summed E-state index contributed by atoms with van der Waals surface area (Å²) < 4.78 is 4.94. The van der Waals surface area contributed by atoms with Gasteiger partial charge in [0, 0.05) is 31.2 Å². The molecule has 1 aliphatic rings. The Morgan fingerprint density at radius 3 is 2.73 bits per heavy atom. The van der Waals surface area contributed by atoms with E-state index in [9.17, 15) is 9.59 Å². The molecule has 1 unspecified atom stereocenters. The van der Waals surface area contributed by atoms with Crippen LogP contribution in [-0.2, 0) is 22.6 Å². The Morgan fingerprint density at radius 1 is 1.30 bits per heavy atom. The summed E-state index contributed by atoms with van der Waals surface area (Å²) in [6, 6.07) is 10.2. The quantitative estimate of drug-likeness (QED) is 0.669. The predicted octanol–water partition coefficient (Wildman–Crippen LogP) is 3.00. The fraction of sp³-hybridized carbons (Fsp3) is 0.500. The van der Waals surface area contributed by atoms with Gasteiger partial charge in [0.25, 0.3) is 0 Å². The van der Waals surface area contributed by atoms with E-state index in [-0.39, 0.29) is 28.4 Å². The van der Waals surface area contributed by atoms with Crippen molar-refractivity contribution in [2.24, 2.45) is 0 Å². The van der Waals surface area contributed by atoms with Crippen LogP contribution in [0.3, 0.4) is 0 Å². The number of fused-ring (bicyclic) bond motifs is 1. The van der Waals surface area contributed by atoms with Crippen LogP contribution in [0.15, 0.2) is 34.9 Å². The number of nitrogens with one attached hydrogen (secondary N) is 2. The molecular formula is C22H30N4O3S. The molecule has 162 valence electrons. The van der Waals surface area contributed by atoms with E-state index in [4.69, 9.17) is 4.52 Å². The number of nitrogens with zero attached hydrogens (tertiary/aromatic N) is 2. The Labute approximate surface area is 181 Å². The number of hydrogen-bond donors (Lipinski definition) is 2. The van der Waals surface area contributed by atoms with Crippen LogP contribution in [0.1, 0.15) is 37.7 Å². The highest BCUT2D eigenvalue weighted by Gasteiger charge is 2.30. The van der Waals surface area contributed by atoms with Gasteiger partial charge in [0.15, 0.2) is 5.82 Å². The maximum Gasteiger partial charge on any atom is 0.238 e. The number of aryl methyl sites for hydroxylation is 1. The third-order valence-electron chi connectivity index (χ3n) is 5.42. The Balaban J connectivity index is 1.42. The highest BCUT2D eigenvalue weighted by atomic mass is 32.2. The summed E-state index contributed by atoms with van der Waals surface area (Å²) >= 11 is 1.30. The Morgan fingerprint density at radius 2 is 2.03 bits per heavy atom. The fourth-order valence-electron chi connectivity index (χ4n) is 3.42. The molecule has 0 radical (unpaired) electrons. The third kappa shape index (κ3) is 5.86. The molecule has 0 bridgehead atoms. The van der Waals surface area contributed by atoms with E-state index in [0.29, 0.717) is 18.1 Å². The van der Waals surface area contributed by atoms with Gasteiger partial charge in [0.2, 0.25) is 11.8 Å². The minimum Gasteiger partial charge on any atom is -0.360 e. The summed E-state index contributed by atoms with van der Waals surface area (Å²) in [7, 11) is 0. The molecule has 3 rings (SSSR count). The molecule has 0 fully saturated rings. The van der Waals surface area contributed by atoms with Crippen molar-refractivity contribution in [3.63, 3.8) is 0 Å². The van der Waals surface area contributed by atoms with Crippen LogP contribution in [0.4, 0.5) is 5.82 Å². The van der Waals surface area contributed by atoms with Gasteiger partial charge in [-0.05, 0) is 45.2 Å². The standard InChI is InChI=1S/C22H30N4O3S/c1-15-11-19(25-29-15)24-21(28)16(2)30-13-20(27)23-14-22(3,4)26-10-9-17-7-5-6-8-18(17)12-26/h5-8,11,16H,9-10,12-14H2,1-4H3,(H,23,27)(H,24,25,28). The summed E-state index contributed by atoms with van der Waals surface area (Å²) in [6.45, 7) is 10.3. The number of carbonyl (C=O) groups is 2. The summed E-state index contributed by atoms with van der Waals surface area (Å²) in [5.41, 5.74) is 2.63. The smallest absolute Gasteiger partial charge is 0.238 e. The zero-order valence-corrected chi connectivity index (χ0v) is 18.8. The van der Waals surface area contributed by atoms with Gasteiger partial charge in [-0.2, -0.15) is 0 Å². The van der Waals surface area contributed by atoms with E-state index >= 15 is 0 Å². The Hall–Kier alpha value is -2.32. The second-order valence-electron chi connectivity index (χ2n) is 8.29. The largest absolute Gasteiger partial charge is 0.360 e. The lowest BCUT2D eigenvalue weighted by atomic mass is 9.94. The van der Waals surface area contributed by atoms with Crippen molar-refractivity contribution in [3.05, 3.63) is 47.2 Å². The lowest BCUT2D eigenvalue weighted by Crippen LogP contribution is -2.53. The predicted molar refractivity (Wildman–Crippen MR) is 119 cm³/mol. The van der Waals surface area contributed by atoms with Crippen molar-refractivity contribution >= 4 is 29.4 Å². The van der Waals surface area contributed by atoms with Gasteiger partial charge in [-0.15, -0.1) is 11.8 Å². The van der Waals surface area contributed by atoms with Crippen LogP contribution in [0.2, 0.25) is 0 Å². The highest BCUT2D eigenvalue weighted by Crippen LogP contribution is 2.25. The number of aromatic nitrogens is 1. The van der Waals surface area contributed by atoms with Crippen molar-refractivity contribution in [1.82, 2.24) is 15.4 Å². The maximum atomic E-state index is 12.4. The highest BCUT2D eigenvalue weighted by molar-refractivity contribution is 8.01. The molecule has 8 heteroatoms. The lowest BCUT2D eigenvalue weighted by Gasteiger charge is -2.41. The van der Waals surface area contributed by atoms with Gasteiger partial charge in [0.1, 0.15) is 5.76 Å². The summed E-state index contributed by atoms with van der Waals surface area (Å²) in [5.74, 6) is 0.977. The van der Waals surface area contributed by atoms with Crippen molar-refractivity contribution < 1.29 is 14.1 Å². The maximum absolute atomic E-state index is 12.4. The number of rotatable bonds is 8. The summed E-state index contributed by atoms with van der Waals surface area (Å²) in [4.78, 5) is 27.0. The molecule has 2 amide bonds. The summed E-state index contributed by atoms with van der Waals surface area (Å²) in [6.07, 6.45) is 1.03. The molecule has 0 aliphatic carbocycles. The Bertz CT molecular complexity index is 896. The number of benzene rings is 1. The van der Waals surface area contributed by atoms with Gasteiger partial charge in [0.05, 0.1) is 11.0 Å². The van der Waals surface area contributed by atoms with Gasteiger partial charge in [-0.3, -0.25) is 14.5 Å². The van der Waals surface area contributed by atoms with Crippen LogP contribution in [0.5, 0.6) is 0 Å². The molecule has 30 heavy (non-hydrogen) atoms. The molecule has 1 aromatic heterocycles. The SMILES string of the molecule is Cc1cc(NC(=O)C(C)SCC(=O)NCC(C)(C)N2CCc3ccccc3C2)no1. The number of amides is 2. The van der Waals surface area contributed by atoms with Crippen LogP contribution in [-0.4, -0.2) is 51.5 Å². The normalized spacial score (nSPS) is 15.3. The number of carbonyl (C=O) groups excluding carboxylic acids is 2. The average molecular weight is 431 g/mol. The van der Waals surface area contributed by atoms with E-state index in [0.717, 1.165) is 19.5 Å². The molecular weight excluding hydrogens is 400 g/mol. The van der Waals surface area contributed by atoms with Crippen molar-refractivity contribution in [1.29, 1.82) is 0 Å². The first kappa shape index (κ1) is 22.4. The van der Waals surface area contributed by atoms with E-state index < -0.39 is 0 Å². The minimum absolute atomic E-state index is 0.0672. The van der Waals surface area contributed by atoms with Crippen molar-refractivity contribution in [3.8, 4) is 0 Å². The minimum atomic E-state index is -0.376. The van der Waals surface area contributed by atoms with E-state index in [1.54, 1.807) is 19.9 Å². The molecule has 1 aromatic carbocycles. The Kier molecular flexibility index (Phi) is 7.20. The first-order chi connectivity index (χ1) is 14.2. The zero-order chi connectivity index (χ0) is 21.7. The van der Waals surface area contributed by atoms with Crippen molar-refractivity contribution in [2.45, 2.75) is 51.4 Å². The number of hydrogen-bond acceptors (Lipinski definition) is 6. The molecule has 7 nitrogen and oxygen atoms in total. The second-order valence-corrected chi connectivity index (χ2v) is 9.62. The van der Waals surface area contributed by atoms with Crippen molar-refractivity contribution in [2.75, 3.05) is 24.2 Å². The molecule has 0 saturated heterocycles. The molecule has 2 aromatic rings. The molecule has 0 saturated carbocycles. The van der Waals surface area contributed by atoms with E-state index in [1.165, 1.54) is 22.9 Å². The molecule has 1 atom stereocenters. The van der Waals surface area contributed by atoms with Gasteiger partial charge in [-0.1, -0.05) is 29.4 Å². The topological polar surface area (TPSA) is 87.5 Å². The molecule has 1 aliphatic heterocycles. The first-order valence-electron chi connectivity index (χ1n) is 10.2. The van der Waals surface area contributed by atoms with Gasteiger partial charge >= 0.3 is 0 Å². The van der Waals surface area contributed by atoms with Crippen LogP contribution in [0.25, 0.3) is 0 Å². The number of anilines is 1. The number of thioether (sulfide) groups is 1. The van der Waals surface area contributed by atoms with E-state index in [2.05, 4.69) is 58.8 Å². The second kappa shape index (κ2) is 9.66. The first-order valence-corrected chi connectivity index (χ1v) is 11.2. The average Bonchev–Trinajstić information content (AvgIpc) is 3.14.